The number of rotatable bonds is 2. The van der Waals surface area contributed by atoms with E-state index < -0.39 is 0 Å². The van der Waals surface area contributed by atoms with Gasteiger partial charge in [0.05, 0.1) is 22.6 Å². The van der Waals surface area contributed by atoms with E-state index in [0.717, 1.165) is 47.5 Å². The van der Waals surface area contributed by atoms with E-state index in [0.29, 0.717) is 11.3 Å². The molecule has 1 aliphatic carbocycles. The quantitative estimate of drug-likeness (QED) is 0.760. The molecule has 2 N–H and O–H groups in total. The summed E-state index contributed by atoms with van der Waals surface area (Å²) < 4.78 is 0. The number of aryl methyl sites for hydroxylation is 3. The third-order valence-electron chi connectivity index (χ3n) is 4.36. The molecule has 3 heterocycles. The van der Waals surface area contributed by atoms with Crippen molar-refractivity contribution in [3.05, 3.63) is 59.6 Å². The van der Waals surface area contributed by atoms with E-state index >= 15 is 0 Å². The van der Waals surface area contributed by atoms with Crippen LogP contribution in [0.4, 0.5) is 5.69 Å². The lowest BCUT2D eigenvalue weighted by atomic mass is 10.0. The van der Waals surface area contributed by atoms with Gasteiger partial charge in [-0.25, -0.2) is 9.97 Å². The van der Waals surface area contributed by atoms with Gasteiger partial charge in [0.25, 0.3) is 5.91 Å². The highest BCUT2D eigenvalue weighted by Gasteiger charge is 2.24. The normalized spacial score (nSPS) is 12.9. The fourth-order valence-corrected chi connectivity index (χ4v) is 3.14. The predicted molar refractivity (Wildman–Crippen MR) is 90.8 cm³/mol. The van der Waals surface area contributed by atoms with E-state index in [4.69, 9.17) is 0 Å². The highest BCUT2D eigenvalue weighted by Crippen LogP contribution is 2.33. The van der Waals surface area contributed by atoms with Gasteiger partial charge < -0.3 is 10.3 Å². The molecule has 0 radical (unpaired) electrons. The molecule has 1 amide bonds. The second kappa shape index (κ2) is 5.88. The molecule has 120 valence electrons. The number of hydrogen-bond acceptors (Lipinski definition) is 4. The van der Waals surface area contributed by atoms with Crippen molar-refractivity contribution in [2.75, 3.05) is 5.32 Å². The second-order valence-electron chi connectivity index (χ2n) is 5.90. The van der Waals surface area contributed by atoms with E-state index in [9.17, 15) is 4.79 Å². The number of nitrogens with zero attached hydrogens (tertiary/aromatic N) is 3. The molecule has 0 saturated carbocycles. The van der Waals surface area contributed by atoms with Gasteiger partial charge in [-0.15, -0.1) is 0 Å². The molecule has 3 aromatic rings. The summed E-state index contributed by atoms with van der Waals surface area (Å²) in [6, 6.07) is 3.66. The molecule has 0 bridgehead atoms. The predicted octanol–water partition coefficient (Wildman–Crippen LogP) is 2.92. The minimum atomic E-state index is -0.157. The van der Waals surface area contributed by atoms with Gasteiger partial charge in [-0.3, -0.25) is 9.78 Å². The van der Waals surface area contributed by atoms with Gasteiger partial charge >= 0.3 is 0 Å². The molecule has 4 rings (SSSR count). The molecule has 0 aliphatic heterocycles. The molecule has 24 heavy (non-hydrogen) atoms. The van der Waals surface area contributed by atoms with E-state index in [1.807, 2.05) is 25.3 Å². The minimum absolute atomic E-state index is 0.157. The maximum absolute atomic E-state index is 12.8. The van der Waals surface area contributed by atoms with Crippen LogP contribution in [0.15, 0.2) is 37.1 Å². The molecule has 0 unspecified atom stereocenters. The lowest BCUT2D eigenvalue weighted by Gasteiger charge is -2.09. The Morgan fingerprint density at radius 1 is 1.29 bits per heavy atom. The first-order valence-electron chi connectivity index (χ1n) is 7.96. The average molecular weight is 319 g/mol. The summed E-state index contributed by atoms with van der Waals surface area (Å²) in [4.78, 5) is 28.8. The van der Waals surface area contributed by atoms with Crippen molar-refractivity contribution in [1.82, 2.24) is 19.9 Å². The van der Waals surface area contributed by atoms with Crippen LogP contribution in [0.25, 0.3) is 11.3 Å². The van der Waals surface area contributed by atoms with Crippen molar-refractivity contribution in [1.29, 1.82) is 0 Å². The number of pyridine rings is 1. The molecule has 0 atom stereocenters. The van der Waals surface area contributed by atoms with Crippen molar-refractivity contribution in [2.45, 2.75) is 26.2 Å². The molecule has 3 aromatic heterocycles. The number of aromatic amines is 1. The van der Waals surface area contributed by atoms with Crippen molar-refractivity contribution in [3.8, 4) is 11.3 Å². The average Bonchev–Trinajstić information content (AvgIpc) is 2.93. The van der Waals surface area contributed by atoms with E-state index in [1.54, 1.807) is 12.4 Å². The van der Waals surface area contributed by atoms with Gasteiger partial charge in [0.15, 0.2) is 0 Å². The minimum Gasteiger partial charge on any atom is -0.364 e. The topological polar surface area (TPSA) is 83.6 Å². The van der Waals surface area contributed by atoms with Crippen molar-refractivity contribution < 1.29 is 4.79 Å². The lowest BCUT2D eigenvalue weighted by molar-refractivity contribution is 0.102. The fourth-order valence-electron chi connectivity index (χ4n) is 3.14. The molecule has 6 heteroatoms. The standard InChI is InChI=1S/C18H17N5O/c1-11-14(6-3-7-20-11)23-18(24)13-9-21-15-5-2-4-12-8-19-10-22-17(12)16(13)15/h3,6-10,21H,2,4-5H2,1H3,(H,23,24). The molecule has 0 fully saturated rings. The number of aromatic nitrogens is 4. The van der Waals surface area contributed by atoms with Gasteiger partial charge in [0.1, 0.15) is 6.33 Å². The van der Waals surface area contributed by atoms with Crippen LogP contribution in [0.2, 0.25) is 0 Å². The maximum Gasteiger partial charge on any atom is 0.257 e. The van der Waals surface area contributed by atoms with Gasteiger partial charge in [0, 0.05) is 29.8 Å². The summed E-state index contributed by atoms with van der Waals surface area (Å²) in [5.74, 6) is -0.157. The molecular weight excluding hydrogens is 302 g/mol. The number of carbonyl (C=O) groups excluding carboxylic acids is 1. The SMILES string of the molecule is Cc1ncccc1NC(=O)c1c[nH]c2c1-c1ncncc1CCC2. The second-order valence-corrected chi connectivity index (χ2v) is 5.90. The van der Waals surface area contributed by atoms with Crippen molar-refractivity contribution >= 4 is 11.6 Å². The number of fused-ring (bicyclic) bond motifs is 3. The lowest BCUT2D eigenvalue weighted by Crippen LogP contribution is -2.14. The number of nitrogens with one attached hydrogen (secondary N) is 2. The first-order chi connectivity index (χ1) is 11.7. The zero-order chi connectivity index (χ0) is 16.5. The smallest absolute Gasteiger partial charge is 0.257 e. The summed E-state index contributed by atoms with van der Waals surface area (Å²) in [5, 5.41) is 2.95. The first kappa shape index (κ1) is 14.6. The number of anilines is 1. The summed E-state index contributed by atoms with van der Waals surface area (Å²) in [6.07, 6.45) is 9.68. The van der Waals surface area contributed by atoms with Crippen LogP contribution in [-0.2, 0) is 12.8 Å². The highest BCUT2D eigenvalue weighted by atomic mass is 16.1. The summed E-state index contributed by atoms with van der Waals surface area (Å²) >= 11 is 0. The zero-order valence-electron chi connectivity index (χ0n) is 13.3. The van der Waals surface area contributed by atoms with Crippen LogP contribution < -0.4 is 5.32 Å². The Bertz CT molecular complexity index is 915. The van der Waals surface area contributed by atoms with Crippen LogP contribution in [0, 0.1) is 6.92 Å². The Morgan fingerprint density at radius 2 is 2.21 bits per heavy atom. The van der Waals surface area contributed by atoms with Gasteiger partial charge in [-0.05, 0) is 43.9 Å². The summed E-state index contributed by atoms with van der Waals surface area (Å²) in [7, 11) is 0. The van der Waals surface area contributed by atoms with Crippen molar-refractivity contribution in [2.24, 2.45) is 0 Å². The van der Waals surface area contributed by atoms with Gasteiger partial charge in [-0.2, -0.15) is 0 Å². The molecule has 0 saturated heterocycles. The number of hydrogen-bond donors (Lipinski definition) is 2. The molecular formula is C18H17N5O. The molecule has 1 aliphatic rings. The Morgan fingerprint density at radius 3 is 3.08 bits per heavy atom. The Hall–Kier alpha value is -3.02. The summed E-state index contributed by atoms with van der Waals surface area (Å²) in [6.45, 7) is 1.87. The fraction of sp³-hybridized carbons (Fsp3) is 0.222. The Balaban J connectivity index is 1.76. The third-order valence-corrected chi connectivity index (χ3v) is 4.36. The number of H-pyrrole nitrogens is 1. The van der Waals surface area contributed by atoms with E-state index in [-0.39, 0.29) is 5.91 Å². The zero-order valence-corrected chi connectivity index (χ0v) is 13.3. The van der Waals surface area contributed by atoms with Gasteiger partial charge in [-0.1, -0.05) is 0 Å². The van der Waals surface area contributed by atoms with Crippen LogP contribution in [0.5, 0.6) is 0 Å². The third kappa shape index (κ3) is 2.46. The van der Waals surface area contributed by atoms with Gasteiger partial charge in [0.2, 0.25) is 0 Å². The molecule has 0 spiro atoms. The highest BCUT2D eigenvalue weighted by molar-refractivity contribution is 6.09. The van der Waals surface area contributed by atoms with Crippen LogP contribution in [0.3, 0.4) is 0 Å². The number of amides is 1. The first-order valence-corrected chi connectivity index (χ1v) is 7.96. The Labute approximate surface area is 139 Å². The Kier molecular flexibility index (Phi) is 3.57. The van der Waals surface area contributed by atoms with Crippen LogP contribution in [0.1, 0.15) is 33.7 Å². The van der Waals surface area contributed by atoms with Crippen LogP contribution >= 0.6 is 0 Å². The van der Waals surface area contributed by atoms with E-state index in [2.05, 4.69) is 25.3 Å². The largest absolute Gasteiger partial charge is 0.364 e. The molecule has 0 aromatic carbocycles. The maximum atomic E-state index is 12.8. The summed E-state index contributed by atoms with van der Waals surface area (Å²) in [5.41, 5.74) is 6.00. The number of carbonyl (C=O) groups is 1. The molecule has 6 nitrogen and oxygen atoms in total. The van der Waals surface area contributed by atoms with E-state index in [1.165, 1.54) is 6.33 Å². The van der Waals surface area contributed by atoms with Crippen LogP contribution in [-0.4, -0.2) is 25.8 Å². The monoisotopic (exact) mass is 319 g/mol. The van der Waals surface area contributed by atoms with Crippen molar-refractivity contribution in [3.63, 3.8) is 0 Å².